The fourth-order valence-electron chi connectivity index (χ4n) is 3.49. The molecule has 5 nitrogen and oxygen atoms in total. The number of rotatable bonds is 3. The molecule has 5 atom stereocenters. The number of carbonyl (C=O) groups excluding carboxylic acids is 1. The number of hydrogen-bond donors (Lipinski definition) is 1. The normalized spacial score (nSPS) is 48.4. The van der Waals surface area contributed by atoms with Gasteiger partial charge in [0.15, 0.2) is 11.5 Å². The first-order valence-electron chi connectivity index (χ1n) is 5.47. The zero-order valence-corrected chi connectivity index (χ0v) is 12.2. The lowest BCUT2D eigenvalue weighted by Gasteiger charge is -2.33. The summed E-state index contributed by atoms with van der Waals surface area (Å²) in [5, 5.41) is 0. The third-order valence-electron chi connectivity index (χ3n) is 4.81. The van der Waals surface area contributed by atoms with E-state index < -0.39 is 21.3 Å². The summed E-state index contributed by atoms with van der Waals surface area (Å²) < 4.78 is 27.2. The highest BCUT2D eigenvalue weighted by atomic mass is 79.9. The predicted molar refractivity (Wildman–Crippen MR) is 65.5 cm³/mol. The Morgan fingerprint density at radius 1 is 1.59 bits per heavy atom. The summed E-state index contributed by atoms with van der Waals surface area (Å²) in [7, 11) is -3.77. The average molecular weight is 326 g/mol. The molecule has 0 spiro atoms. The molecule has 2 aliphatic rings. The summed E-state index contributed by atoms with van der Waals surface area (Å²) in [6.07, 6.45) is 1.59. The molecular weight excluding hydrogens is 310 g/mol. The van der Waals surface area contributed by atoms with Gasteiger partial charge in [-0.2, -0.15) is 5.90 Å². The van der Waals surface area contributed by atoms with Crippen molar-refractivity contribution in [1.82, 2.24) is 0 Å². The van der Waals surface area contributed by atoms with Crippen LogP contribution in [0.5, 0.6) is 0 Å². The molecular formula is C10H16BrNO4S+. The maximum Gasteiger partial charge on any atom is 0.413 e. The van der Waals surface area contributed by atoms with Gasteiger partial charge in [-0.1, -0.05) is 29.8 Å². The Bertz CT molecular complexity index is 417. The number of carbonyl (C=O) groups is 1. The Morgan fingerprint density at radius 3 is 2.59 bits per heavy atom. The Kier molecular flexibility index (Phi) is 3.07. The third kappa shape index (κ3) is 1.67. The molecule has 2 saturated carbocycles. The summed E-state index contributed by atoms with van der Waals surface area (Å²) >= 11 is 3.38. The SMILES string of the molecule is C[C@]12CC[C@H]([C@H](Br)C1=O)[C@@]2(C)C[S+]([O])(=O)ON. The van der Waals surface area contributed by atoms with Crippen LogP contribution in [0.2, 0.25) is 0 Å². The minimum absolute atomic E-state index is 0.0323. The first kappa shape index (κ1) is 13.6. The highest BCUT2D eigenvalue weighted by molar-refractivity contribution is 9.10. The van der Waals surface area contributed by atoms with Crippen molar-refractivity contribution < 1.29 is 17.8 Å². The van der Waals surface area contributed by atoms with Crippen LogP contribution in [0, 0.1) is 16.7 Å². The van der Waals surface area contributed by atoms with Crippen LogP contribution in [0.4, 0.5) is 0 Å². The van der Waals surface area contributed by atoms with Gasteiger partial charge in [-0.3, -0.25) is 4.79 Å². The second-order valence-corrected chi connectivity index (χ2v) is 8.04. The van der Waals surface area contributed by atoms with E-state index in [2.05, 4.69) is 20.2 Å². The zero-order valence-electron chi connectivity index (χ0n) is 9.77. The van der Waals surface area contributed by atoms with E-state index in [0.29, 0.717) is 0 Å². The third-order valence-corrected chi connectivity index (χ3v) is 7.11. The Labute approximate surface area is 110 Å². The predicted octanol–water partition coefficient (Wildman–Crippen LogP) is 1.41. The van der Waals surface area contributed by atoms with E-state index in [0.717, 1.165) is 12.8 Å². The molecule has 1 unspecified atom stereocenters. The smallest absolute Gasteiger partial charge is 0.298 e. The second-order valence-electron chi connectivity index (χ2n) is 5.46. The van der Waals surface area contributed by atoms with Gasteiger partial charge in [0.25, 0.3) is 0 Å². The van der Waals surface area contributed by atoms with Crippen LogP contribution in [0.25, 0.3) is 0 Å². The fraction of sp³-hybridized carbons (Fsp3) is 0.900. The molecule has 97 valence electrons. The second kappa shape index (κ2) is 3.84. The minimum atomic E-state index is -3.77. The van der Waals surface area contributed by atoms with E-state index in [1.165, 1.54) is 0 Å². The van der Waals surface area contributed by atoms with E-state index >= 15 is 0 Å². The molecule has 7 heteroatoms. The van der Waals surface area contributed by atoms with Crippen molar-refractivity contribution in [2.75, 3.05) is 5.75 Å². The molecule has 17 heavy (non-hydrogen) atoms. The van der Waals surface area contributed by atoms with Crippen LogP contribution in [-0.4, -0.2) is 16.4 Å². The van der Waals surface area contributed by atoms with Gasteiger partial charge >= 0.3 is 10.5 Å². The van der Waals surface area contributed by atoms with Crippen molar-refractivity contribution in [3.05, 3.63) is 0 Å². The van der Waals surface area contributed by atoms with E-state index in [9.17, 15) is 13.6 Å². The van der Waals surface area contributed by atoms with E-state index in [4.69, 9.17) is 5.90 Å². The average Bonchev–Trinajstić information content (AvgIpc) is 2.55. The number of fused-ring (bicyclic) bond motifs is 2. The summed E-state index contributed by atoms with van der Waals surface area (Å²) in [5.74, 6) is 4.71. The van der Waals surface area contributed by atoms with Crippen LogP contribution in [0.15, 0.2) is 0 Å². The highest BCUT2D eigenvalue weighted by Gasteiger charge is 2.71. The van der Waals surface area contributed by atoms with Gasteiger partial charge < -0.3 is 0 Å². The van der Waals surface area contributed by atoms with Crippen molar-refractivity contribution in [3.63, 3.8) is 0 Å². The summed E-state index contributed by atoms with van der Waals surface area (Å²) in [6.45, 7) is 3.70. The number of halogens is 1. The molecule has 0 amide bonds. The van der Waals surface area contributed by atoms with Crippen LogP contribution in [-0.2, 0) is 28.3 Å². The van der Waals surface area contributed by atoms with Crippen molar-refractivity contribution in [1.29, 1.82) is 0 Å². The van der Waals surface area contributed by atoms with Gasteiger partial charge in [0.05, 0.1) is 9.38 Å². The van der Waals surface area contributed by atoms with Crippen molar-refractivity contribution in [2.45, 2.75) is 31.5 Å². The fourth-order valence-corrected chi connectivity index (χ4v) is 6.17. The highest BCUT2D eigenvalue weighted by Crippen LogP contribution is 2.66. The lowest BCUT2D eigenvalue weighted by molar-refractivity contribution is -0.127. The maximum absolute atomic E-state index is 12.2. The quantitative estimate of drug-likeness (QED) is 0.482. The van der Waals surface area contributed by atoms with Crippen LogP contribution in [0.3, 0.4) is 0 Å². The van der Waals surface area contributed by atoms with E-state index in [1.807, 2.05) is 13.8 Å². The van der Waals surface area contributed by atoms with Crippen molar-refractivity contribution in [2.24, 2.45) is 22.6 Å². The van der Waals surface area contributed by atoms with Crippen molar-refractivity contribution >= 4 is 32.2 Å². The van der Waals surface area contributed by atoms with Gasteiger partial charge in [-0.05, 0) is 27.3 Å². The first-order valence-corrected chi connectivity index (χ1v) is 7.97. The van der Waals surface area contributed by atoms with E-state index in [-0.39, 0.29) is 22.3 Å². The van der Waals surface area contributed by atoms with Crippen LogP contribution >= 0.6 is 15.9 Å². The Morgan fingerprint density at radius 2 is 2.18 bits per heavy atom. The molecule has 0 aromatic rings. The standard InChI is InChI=1S/C10H16BrNO4S/c1-9-4-3-6(7(11)8(9)13)10(9,2)5-17(14,15)16-12/h6-7H,3-5,12H2,1-2H3/q+1/t6-,7+,9+,10-/m1/s1. The molecule has 2 rings (SSSR count). The molecule has 0 aromatic heterocycles. The van der Waals surface area contributed by atoms with Crippen LogP contribution in [0.1, 0.15) is 26.7 Å². The molecule has 0 aliphatic heterocycles. The topological polar surface area (TPSA) is 89.3 Å². The maximum atomic E-state index is 12.2. The molecule has 2 bridgehead atoms. The molecule has 2 fully saturated rings. The molecule has 0 heterocycles. The van der Waals surface area contributed by atoms with Gasteiger partial charge in [-0.15, -0.1) is 0 Å². The van der Waals surface area contributed by atoms with Crippen LogP contribution < -0.4 is 5.90 Å². The molecule has 2 aliphatic carbocycles. The van der Waals surface area contributed by atoms with Gasteiger partial charge in [0, 0.05) is 10.8 Å². The number of hydrogen-bond acceptors (Lipinski definition) is 4. The van der Waals surface area contributed by atoms with E-state index in [1.54, 1.807) is 0 Å². The summed E-state index contributed by atoms with van der Waals surface area (Å²) in [4.78, 5) is 11.9. The van der Waals surface area contributed by atoms with Gasteiger partial charge in [-0.25, -0.2) is 0 Å². The lowest BCUT2D eigenvalue weighted by Crippen LogP contribution is -2.42. The molecule has 0 aromatic carbocycles. The Balaban J connectivity index is 2.39. The summed E-state index contributed by atoms with van der Waals surface area (Å²) in [5.41, 5.74) is -1.20. The molecule has 0 saturated heterocycles. The summed E-state index contributed by atoms with van der Waals surface area (Å²) in [6, 6.07) is 0. The van der Waals surface area contributed by atoms with Gasteiger partial charge in [0.2, 0.25) is 0 Å². The zero-order chi connectivity index (χ0) is 13.1. The molecule has 1 radical (unpaired) electrons. The minimum Gasteiger partial charge on any atom is -0.298 e. The number of alkyl halides is 1. The van der Waals surface area contributed by atoms with Crippen molar-refractivity contribution in [3.8, 4) is 0 Å². The Hall–Kier alpha value is 0.180. The van der Waals surface area contributed by atoms with Gasteiger partial charge in [0.1, 0.15) is 0 Å². The first-order chi connectivity index (χ1) is 7.68. The molecule has 2 N–H and O–H groups in total. The monoisotopic (exact) mass is 325 g/mol. The number of nitrogens with two attached hydrogens (primary N) is 1. The lowest BCUT2D eigenvalue weighted by atomic mass is 9.70. The largest absolute Gasteiger partial charge is 0.413 e. The number of Topliss-reactive ketones (excluding diaryl/α,β-unsaturated/α-hetero) is 1. The number of ketones is 1.